The molecule has 2 atom stereocenters. The number of aliphatic hydroxyl groups excluding tert-OH is 1. The highest BCUT2D eigenvalue weighted by Gasteiger charge is 2.31. The molecular formula is C17H32O2Si. The Bertz CT molecular complexity index is 348. The second kappa shape index (κ2) is 7.11. The third kappa shape index (κ3) is 6.92. The summed E-state index contributed by atoms with van der Waals surface area (Å²) in [6, 6.07) is 0. The number of hydrogen-bond acceptors (Lipinski definition) is 2. The van der Waals surface area contributed by atoms with Crippen LogP contribution in [0.2, 0.25) is 19.6 Å². The van der Waals surface area contributed by atoms with Gasteiger partial charge in [0.2, 0.25) is 0 Å². The molecule has 0 aromatic carbocycles. The Morgan fingerprint density at radius 1 is 1.10 bits per heavy atom. The van der Waals surface area contributed by atoms with Gasteiger partial charge in [0.25, 0.3) is 0 Å². The van der Waals surface area contributed by atoms with E-state index in [1.807, 2.05) is 20.8 Å². The molecule has 0 heterocycles. The lowest BCUT2D eigenvalue weighted by Gasteiger charge is -2.33. The number of aliphatic hydroxyl groups is 1. The van der Waals surface area contributed by atoms with Crippen molar-refractivity contribution in [2.75, 3.05) is 0 Å². The van der Waals surface area contributed by atoms with E-state index in [4.69, 9.17) is 4.74 Å². The second-order valence-corrected chi connectivity index (χ2v) is 12.8. The fraction of sp³-hybridized carbons (Fsp3) is 0.882. The van der Waals surface area contributed by atoms with Crippen LogP contribution in [0.5, 0.6) is 0 Å². The van der Waals surface area contributed by atoms with Gasteiger partial charge in [0.15, 0.2) is 0 Å². The van der Waals surface area contributed by atoms with Crippen LogP contribution in [0, 0.1) is 17.4 Å². The molecule has 0 amide bonds. The summed E-state index contributed by atoms with van der Waals surface area (Å²) < 4.78 is 6.05. The highest BCUT2D eigenvalue weighted by Crippen LogP contribution is 2.29. The van der Waals surface area contributed by atoms with Gasteiger partial charge in [-0.15, -0.1) is 5.54 Å². The van der Waals surface area contributed by atoms with Crippen LogP contribution >= 0.6 is 0 Å². The first-order valence-corrected chi connectivity index (χ1v) is 11.5. The smallest absolute Gasteiger partial charge is 0.144 e. The molecule has 1 aliphatic rings. The quantitative estimate of drug-likeness (QED) is 0.630. The third-order valence-corrected chi connectivity index (χ3v) is 4.41. The van der Waals surface area contributed by atoms with E-state index < -0.39 is 14.2 Å². The van der Waals surface area contributed by atoms with Crippen molar-refractivity contribution in [3.63, 3.8) is 0 Å². The van der Waals surface area contributed by atoms with Crippen LogP contribution in [0.15, 0.2) is 0 Å². The van der Waals surface area contributed by atoms with Gasteiger partial charge in [-0.2, -0.15) is 0 Å². The van der Waals surface area contributed by atoms with Crippen molar-refractivity contribution in [1.29, 1.82) is 0 Å². The van der Waals surface area contributed by atoms with E-state index in [0.29, 0.717) is 5.92 Å². The van der Waals surface area contributed by atoms with Crippen molar-refractivity contribution in [1.82, 2.24) is 0 Å². The van der Waals surface area contributed by atoms with Crippen molar-refractivity contribution in [2.24, 2.45) is 5.92 Å². The Morgan fingerprint density at radius 3 is 2.10 bits per heavy atom. The largest absolute Gasteiger partial charge is 0.389 e. The van der Waals surface area contributed by atoms with E-state index in [9.17, 15) is 5.11 Å². The van der Waals surface area contributed by atoms with Crippen LogP contribution in [-0.4, -0.2) is 31.0 Å². The van der Waals surface area contributed by atoms with Crippen molar-refractivity contribution in [3.8, 4) is 11.5 Å². The summed E-state index contributed by atoms with van der Waals surface area (Å²) in [6.45, 7) is 12.8. The van der Waals surface area contributed by atoms with E-state index in [-0.39, 0.29) is 11.7 Å². The highest BCUT2D eigenvalue weighted by atomic mass is 28.3. The molecule has 1 rings (SSSR count). The van der Waals surface area contributed by atoms with Gasteiger partial charge in [-0.1, -0.05) is 44.8 Å². The molecule has 0 aromatic heterocycles. The molecule has 0 radical (unpaired) electrons. The zero-order chi connectivity index (χ0) is 15.4. The van der Waals surface area contributed by atoms with Crippen LogP contribution < -0.4 is 0 Å². The minimum Gasteiger partial charge on any atom is -0.389 e. The van der Waals surface area contributed by atoms with Gasteiger partial charge in [0.1, 0.15) is 14.2 Å². The lowest BCUT2D eigenvalue weighted by atomic mass is 9.83. The van der Waals surface area contributed by atoms with E-state index in [1.54, 1.807) is 0 Å². The standard InChI is InChI=1S/C17H32O2Si/c1-17(2,3)19-15(12-13-20(4,5)6)16(18)14-10-8-7-9-11-14/h14-16,18H,7-11H2,1-6H3/t15-,16+/m1/s1. The molecule has 0 spiro atoms. The van der Waals surface area contributed by atoms with Crippen LogP contribution in [0.4, 0.5) is 0 Å². The first kappa shape index (κ1) is 17.7. The maximum Gasteiger partial charge on any atom is 0.144 e. The normalized spacial score (nSPS) is 20.9. The fourth-order valence-electron chi connectivity index (χ4n) is 2.58. The predicted molar refractivity (Wildman–Crippen MR) is 88.3 cm³/mol. The summed E-state index contributed by atoms with van der Waals surface area (Å²) >= 11 is 0. The topological polar surface area (TPSA) is 29.5 Å². The highest BCUT2D eigenvalue weighted by molar-refractivity contribution is 6.83. The van der Waals surface area contributed by atoms with Crippen molar-refractivity contribution in [3.05, 3.63) is 0 Å². The summed E-state index contributed by atoms with van der Waals surface area (Å²) in [5.74, 6) is 3.61. The molecule has 0 bridgehead atoms. The monoisotopic (exact) mass is 296 g/mol. The Morgan fingerprint density at radius 2 is 1.65 bits per heavy atom. The molecule has 20 heavy (non-hydrogen) atoms. The molecule has 116 valence electrons. The molecule has 1 N–H and O–H groups in total. The second-order valence-electron chi connectivity index (χ2n) is 8.06. The zero-order valence-corrected chi connectivity index (χ0v) is 15.1. The van der Waals surface area contributed by atoms with E-state index in [1.165, 1.54) is 19.3 Å². The van der Waals surface area contributed by atoms with Crippen LogP contribution in [0.25, 0.3) is 0 Å². The van der Waals surface area contributed by atoms with Gasteiger partial charge < -0.3 is 9.84 Å². The average Bonchev–Trinajstić information content (AvgIpc) is 2.32. The fourth-order valence-corrected chi connectivity index (χ4v) is 3.15. The summed E-state index contributed by atoms with van der Waals surface area (Å²) in [6.07, 6.45) is 5.19. The van der Waals surface area contributed by atoms with Crippen molar-refractivity contribution in [2.45, 2.75) is 90.3 Å². The molecule has 1 fully saturated rings. The summed E-state index contributed by atoms with van der Waals surface area (Å²) in [4.78, 5) is 0. The minimum absolute atomic E-state index is 0.269. The van der Waals surface area contributed by atoms with Gasteiger partial charge in [-0.05, 0) is 39.5 Å². The van der Waals surface area contributed by atoms with Crippen molar-refractivity contribution >= 4 is 8.07 Å². The van der Waals surface area contributed by atoms with Gasteiger partial charge in [0.05, 0.1) is 11.7 Å². The number of ether oxygens (including phenoxy) is 1. The van der Waals surface area contributed by atoms with E-state index >= 15 is 0 Å². The minimum atomic E-state index is -1.44. The number of hydrogen-bond donors (Lipinski definition) is 1. The summed E-state index contributed by atoms with van der Waals surface area (Å²) in [5.41, 5.74) is 3.10. The van der Waals surface area contributed by atoms with Crippen LogP contribution in [-0.2, 0) is 4.74 Å². The SMILES string of the molecule is CC(C)(C)O[C@H](C#C[Si](C)(C)C)[C@@H](O)C1CCCCC1. The molecule has 3 heteroatoms. The third-order valence-electron chi connectivity index (χ3n) is 3.51. The van der Waals surface area contributed by atoms with E-state index in [2.05, 4.69) is 31.1 Å². The summed E-state index contributed by atoms with van der Waals surface area (Å²) in [5, 5.41) is 10.7. The maximum absolute atomic E-state index is 10.7. The number of rotatable bonds is 3. The first-order valence-electron chi connectivity index (χ1n) is 7.97. The zero-order valence-electron chi connectivity index (χ0n) is 14.1. The van der Waals surface area contributed by atoms with Crippen LogP contribution in [0.3, 0.4) is 0 Å². The average molecular weight is 297 g/mol. The molecule has 1 aliphatic carbocycles. The molecule has 0 aliphatic heterocycles. The van der Waals surface area contributed by atoms with Gasteiger partial charge >= 0.3 is 0 Å². The lowest BCUT2D eigenvalue weighted by molar-refractivity contribution is -0.102. The van der Waals surface area contributed by atoms with Gasteiger partial charge in [-0.3, -0.25) is 0 Å². The maximum atomic E-state index is 10.7. The predicted octanol–water partition coefficient (Wildman–Crippen LogP) is 3.99. The Labute approximate surface area is 126 Å². The van der Waals surface area contributed by atoms with Crippen LogP contribution in [0.1, 0.15) is 52.9 Å². The first-order chi connectivity index (χ1) is 9.08. The molecule has 0 aromatic rings. The molecule has 0 saturated heterocycles. The molecule has 1 saturated carbocycles. The summed E-state index contributed by atoms with van der Waals surface area (Å²) in [7, 11) is -1.44. The lowest BCUT2D eigenvalue weighted by Crippen LogP contribution is -2.40. The molecular weight excluding hydrogens is 264 g/mol. The molecule has 0 unspecified atom stereocenters. The van der Waals surface area contributed by atoms with E-state index in [0.717, 1.165) is 12.8 Å². The van der Waals surface area contributed by atoms with Gasteiger partial charge in [0, 0.05) is 0 Å². The van der Waals surface area contributed by atoms with Crippen molar-refractivity contribution < 1.29 is 9.84 Å². The Balaban J connectivity index is 2.81. The Kier molecular flexibility index (Phi) is 6.31. The Hall–Kier alpha value is -0.303. The molecule has 2 nitrogen and oxygen atoms in total. The van der Waals surface area contributed by atoms with Gasteiger partial charge in [-0.25, -0.2) is 0 Å².